The fraction of sp³-hybridized carbons (Fsp3) is 0.571. The maximum Gasteiger partial charge on any atom is 0.414 e. The quantitative estimate of drug-likeness (QED) is 0.226. The maximum atomic E-state index is 13.5. The van der Waals surface area contributed by atoms with Crippen LogP contribution < -0.4 is 5.32 Å². The van der Waals surface area contributed by atoms with Gasteiger partial charge in [-0.1, -0.05) is 17.3 Å². The van der Waals surface area contributed by atoms with Crippen LogP contribution in [0.25, 0.3) is 11.3 Å². The van der Waals surface area contributed by atoms with Gasteiger partial charge in [0, 0.05) is 25.2 Å². The number of rotatable bonds is 10. The van der Waals surface area contributed by atoms with Gasteiger partial charge in [-0.2, -0.15) is 12.6 Å². The zero-order chi connectivity index (χ0) is 32.8. The minimum atomic E-state index is -2.91. The molecule has 0 fully saturated rings. The van der Waals surface area contributed by atoms with E-state index < -0.39 is 72.2 Å². The summed E-state index contributed by atoms with van der Waals surface area (Å²) in [7, 11) is 1.36. The number of benzene rings is 1. The highest BCUT2D eigenvalue weighted by molar-refractivity contribution is 7.81. The molecule has 0 saturated carbocycles. The van der Waals surface area contributed by atoms with E-state index >= 15 is 0 Å². The smallest absolute Gasteiger partial charge is 0.414 e. The molecule has 0 bridgehead atoms. The summed E-state index contributed by atoms with van der Waals surface area (Å²) in [6.45, 7) is 9.27. The lowest BCUT2D eigenvalue weighted by Gasteiger charge is -2.45. The Labute approximate surface area is 254 Å². The molecule has 0 aliphatic rings. The Hall–Kier alpha value is -3.62. The molecule has 2 aromatic rings. The van der Waals surface area contributed by atoms with Crippen molar-refractivity contribution >= 4 is 36.8 Å². The molecule has 11 nitrogen and oxygen atoms in total. The molecule has 2 rings (SSSR count). The van der Waals surface area contributed by atoms with Crippen molar-refractivity contribution in [3.63, 3.8) is 0 Å². The number of nitrogens with zero attached hydrogens (tertiary/aromatic N) is 3. The number of amides is 3. The third-order valence-corrected chi connectivity index (χ3v) is 6.61. The summed E-state index contributed by atoms with van der Waals surface area (Å²) in [4.78, 5) is 40.4. The number of ether oxygens (including phenoxy) is 3. The first kappa shape index (κ1) is 35.6. The van der Waals surface area contributed by atoms with Crippen LogP contribution in [-0.4, -0.2) is 88.4 Å². The van der Waals surface area contributed by atoms with E-state index in [1.807, 2.05) is 0 Å². The molecule has 15 heteroatoms. The van der Waals surface area contributed by atoms with E-state index in [0.717, 1.165) is 9.80 Å². The number of carbonyl (C=O) groups is 3. The van der Waals surface area contributed by atoms with Crippen LogP contribution >= 0.6 is 12.6 Å². The minimum absolute atomic E-state index is 0.0957. The third-order valence-electron chi connectivity index (χ3n) is 5.90. The van der Waals surface area contributed by atoms with Gasteiger partial charge in [0.1, 0.15) is 29.3 Å². The molecule has 0 saturated heterocycles. The lowest BCUT2D eigenvalue weighted by molar-refractivity contribution is -0.0211. The monoisotopic (exact) mass is 632 g/mol. The first-order chi connectivity index (χ1) is 19.7. The van der Waals surface area contributed by atoms with Crippen LogP contribution in [0.3, 0.4) is 0 Å². The summed E-state index contributed by atoms with van der Waals surface area (Å²) in [6, 6.07) is 6.96. The van der Waals surface area contributed by atoms with Gasteiger partial charge in [0.25, 0.3) is 6.43 Å². The SMILES string of the molecule is CN(C(=O)OC(C)(C)C)[C@](C)(CN(CC(F)F)C(=O)OC(C)(C)C)C(S)COC(=O)Nc1cc(-c2cccc(F)c2)no1. The lowest BCUT2D eigenvalue weighted by Crippen LogP contribution is -2.62. The molecular weight excluding hydrogens is 593 g/mol. The second-order valence-electron chi connectivity index (χ2n) is 12.0. The second-order valence-corrected chi connectivity index (χ2v) is 12.6. The molecule has 240 valence electrons. The van der Waals surface area contributed by atoms with Gasteiger partial charge in [-0.15, -0.1) is 0 Å². The first-order valence-electron chi connectivity index (χ1n) is 13.3. The summed E-state index contributed by atoms with van der Waals surface area (Å²) in [5, 5.41) is 5.10. The third kappa shape index (κ3) is 11.2. The zero-order valence-corrected chi connectivity index (χ0v) is 26.3. The van der Waals surface area contributed by atoms with Crippen molar-refractivity contribution in [3.05, 3.63) is 36.1 Å². The molecule has 0 radical (unpaired) electrons. The maximum absolute atomic E-state index is 13.5. The molecule has 1 unspecified atom stereocenters. The van der Waals surface area contributed by atoms with Crippen LogP contribution in [0.15, 0.2) is 34.9 Å². The Morgan fingerprint density at radius 2 is 1.63 bits per heavy atom. The van der Waals surface area contributed by atoms with Gasteiger partial charge in [-0.25, -0.2) is 27.6 Å². The number of nitrogens with one attached hydrogen (secondary N) is 1. The molecule has 3 amide bonds. The highest BCUT2D eigenvalue weighted by Crippen LogP contribution is 2.28. The largest absolute Gasteiger partial charge is 0.448 e. The van der Waals surface area contributed by atoms with E-state index in [1.54, 1.807) is 47.6 Å². The highest BCUT2D eigenvalue weighted by Gasteiger charge is 2.44. The highest BCUT2D eigenvalue weighted by atomic mass is 32.1. The second kappa shape index (κ2) is 14.2. The Morgan fingerprint density at radius 1 is 1.02 bits per heavy atom. The normalized spacial score (nSPS) is 14.0. The van der Waals surface area contributed by atoms with Crippen LogP contribution in [0.5, 0.6) is 0 Å². The van der Waals surface area contributed by atoms with Crippen LogP contribution in [0.4, 0.5) is 33.4 Å². The number of anilines is 1. The van der Waals surface area contributed by atoms with Crippen molar-refractivity contribution in [2.24, 2.45) is 0 Å². The number of likely N-dealkylation sites (N-methyl/N-ethyl adjacent to an activating group) is 1. The fourth-order valence-corrected chi connectivity index (χ4v) is 3.98. The van der Waals surface area contributed by atoms with Gasteiger partial charge in [-0.05, 0) is 60.6 Å². The Balaban J connectivity index is 2.24. The summed E-state index contributed by atoms with van der Waals surface area (Å²) in [5.74, 6) is -0.575. The van der Waals surface area contributed by atoms with Crippen molar-refractivity contribution in [3.8, 4) is 11.3 Å². The minimum Gasteiger partial charge on any atom is -0.448 e. The number of halogens is 3. The fourth-order valence-electron chi connectivity index (χ4n) is 3.65. The summed E-state index contributed by atoms with van der Waals surface area (Å²) in [5.41, 5.74) is -2.73. The van der Waals surface area contributed by atoms with Gasteiger partial charge < -0.3 is 28.5 Å². The molecule has 1 aromatic carbocycles. The molecule has 43 heavy (non-hydrogen) atoms. The molecule has 2 atom stereocenters. The summed E-state index contributed by atoms with van der Waals surface area (Å²) >= 11 is 4.55. The van der Waals surface area contributed by atoms with E-state index in [-0.39, 0.29) is 11.6 Å². The van der Waals surface area contributed by atoms with Crippen LogP contribution in [0.2, 0.25) is 0 Å². The molecule has 0 aliphatic carbocycles. The number of hydrogen-bond donors (Lipinski definition) is 2. The van der Waals surface area contributed by atoms with E-state index in [4.69, 9.17) is 18.7 Å². The number of thiol groups is 1. The summed E-state index contributed by atoms with van der Waals surface area (Å²) in [6.07, 6.45) is -5.76. The van der Waals surface area contributed by atoms with Gasteiger partial charge in [0.05, 0.1) is 17.3 Å². The van der Waals surface area contributed by atoms with Gasteiger partial charge in [0.2, 0.25) is 5.88 Å². The van der Waals surface area contributed by atoms with Gasteiger partial charge in [-0.3, -0.25) is 5.32 Å². The predicted molar refractivity (Wildman–Crippen MR) is 156 cm³/mol. The van der Waals surface area contributed by atoms with Crippen molar-refractivity contribution < 1.29 is 46.3 Å². The molecule has 1 N–H and O–H groups in total. The van der Waals surface area contributed by atoms with Crippen molar-refractivity contribution in [2.45, 2.75) is 76.9 Å². The van der Waals surface area contributed by atoms with Gasteiger partial charge in [0.15, 0.2) is 0 Å². The van der Waals surface area contributed by atoms with Crippen LogP contribution in [0.1, 0.15) is 48.5 Å². The zero-order valence-electron chi connectivity index (χ0n) is 25.4. The Bertz CT molecular complexity index is 1270. The van der Waals surface area contributed by atoms with Gasteiger partial charge >= 0.3 is 18.3 Å². The molecular formula is C28H39F3N4O7S. The van der Waals surface area contributed by atoms with Crippen LogP contribution in [0, 0.1) is 5.82 Å². The Kier molecular flexibility index (Phi) is 11.8. The Morgan fingerprint density at radius 3 is 2.19 bits per heavy atom. The standard InChI is InChI=1S/C28H39F3N4O7S/c1-26(2,3)40-24(37)34(8)28(7,16-35(14-21(30)31)25(38)41-27(4,5)6)20(43)15-39-23(36)32-22-13-19(33-42-22)17-10-9-11-18(29)12-17/h9-13,20-21,43H,14-16H2,1-8H3,(H,32,36)/t20?,28-/m1/s1. The number of carbonyl (C=O) groups excluding carboxylic acids is 3. The predicted octanol–water partition coefficient (Wildman–Crippen LogP) is 6.46. The summed E-state index contributed by atoms with van der Waals surface area (Å²) < 4.78 is 61.8. The van der Waals surface area contributed by atoms with Crippen molar-refractivity contribution in [1.82, 2.24) is 15.0 Å². The van der Waals surface area contributed by atoms with E-state index in [0.29, 0.717) is 5.56 Å². The molecule has 1 aromatic heterocycles. The number of alkyl halides is 2. The topological polar surface area (TPSA) is 123 Å². The average molecular weight is 633 g/mol. The van der Waals surface area contributed by atoms with E-state index in [2.05, 4.69) is 23.1 Å². The number of hydrogen-bond acceptors (Lipinski definition) is 9. The van der Waals surface area contributed by atoms with E-state index in [1.165, 1.54) is 38.2 Å². The molecule has 1 heterocycles. The average Bonchev–Trinajstić information content (AvgIpc) is 3.32. The van der Waals surface area contributed by atoms with Crippen molar-refractivity contribution in [2.75, 3.05) is 32.1 Å². The van der Waals surface area contributed by atoms with Crippen LogP contribution in [-0.2, 0) is 14.2 Å². The van der Waals surface area contributed by atoms with E-state index in [9.17, 15) is 27.6 Å². The number of aromatic nitrogens is 1. The molecule has 0 aliphatic heterocycles. The lowest BCUT2D eigenvalue weighted by atomic mass is 9.94. The van der Waals surface area contributed by atoms with Crippen molar-refractivity contribution in [1.29, 1.82) is 0 Å². The molecule has 0 spiro atoms. The first-order valence-corrected chi connectivity index (χ1v) is 13.8.